The summed E-state index contributed by atoms with van der Waals surface area (Å²) in [7, 11) is 0. The quantitative estimate of drug-likeness (QED) is 0.788. The van der Waals surface area contributed by atoms with Crippen LogP contribution in [0.15, 0.2) is 30.3 Å². The van der Waals surface area contributed by atoms with Crippen LogP contribution in [0.25, 0.3) is 11.1 Å². The number of benzene rings is 2. The van der Waals surface area contributed by atoms with Gasteiger partial charge in [-0.2, -0.15) is 0 Å². The molecule has 5 heteroatoms. The molecule has 26 heavy (non-hydrogen) atoms. The molecule has 2 aliphatic rings. The molecule has 140 valence electrons. The van der Waals surface area contributed by atoms with Crippen molar-refractivity contribution in [1.29, 1.82) is 0 Å². The van der Waals surface area contributed by atoms with Crippen molar-refractivity contribution in [2.45, 2.75) is 51.0 Å². The zero-order valence-corrected chi connectivity index (χ0v) is 16.4. The molecular formula is C21H26Cl2N2O. The minimum absolute atomic E-state index is 0. The second-order valence-electron chi connectivity index (χ2n) is 7.07. The summed E-state index contributed by atoms with van der Waals surface area (Å²) in [6.45, 7) is 0. The van der Waals surface area contributed by atoms with E-state index in [4.69, 9.17) is 11.5 Å². The fourth-order valence-electron chi connectivity index (χ4n) is 4.47. The molecule has 4 rings (SSSR count). The zero-order valence-electron chi connectivity index (χ0n) is 14.8. The fourth-order valence-corrected chi connectivity index (χ4v) is 4.47. The summed E-state index contributed by atoms with van der Waals surface area (Å²) in [6, 6.07) is 10.7. The van der Waals surface area contributed by atoms with Gasteiger partial charge in [-0.3, -0.25) is 4.79 Å². The third-order valence-corrected chi connectivity index (χ3v) is 5.62. The Kier molecular flexibility index (Phi) is 6.73. The van der Waals surface area contributed by atoms with Crippen molar-refractivity contribution in [2.24, 2.45) is 11.5 Å². The average Bonchev–Trinajstić information content (AvgIpc) is 2.60. The predicted molar refractivity (Wildman–Crippen MR) is 111 cm³/mol. The van der Waals surface area contributed by atoms with E-state index < -0.39 is 0 Å². The zero-order chi connectivity index (χ0) is 16.7. The molecule has 2 aromatic rings. The number of carbonyl (C=O) groups excluding carboxylic acids is 1. The lowest BCUT2D eigenvalue weighted by Crippen LogP contribution is -2.20. The van der Waals surface area contributed by atoms with Crippen molar-refractivity contribution in [3.05, 3.63) is 58.1 Å². The molecule has 3 nitrogen and oxygen atoms in total. The Balaban J connectivity index is 0.00000121. The van der Waals surface area contributed by atoms with Gasteiger partial charge >= 0.3 is 0 Å². The maximum Gasteiger partial charge on any atom is 0.249 e. The lowest BCUT2D eigenvalue weighted by atomic mass is 9.79. The molecule has 0 saturated carbocycles. The molecule has 0 unspecified atom stereocenters. The van der Waals surface area contributed by atoms with E-state index in [0.29, 0.717) is 0 Å². The van der Waals surface area contributed by atoms with E-state index in [1.807, 2.05) is 0 Å². The topological polar surface area (TPSA) is 69.1 Å². The van der Waals surface area contributed by atoms with E-state index in [9.17, 15) is 4.79 Å². The Morgan fingerprint density at radius 3 is 2.38 bits per heavy atom. The third kappa shape index (κ3) is 3.48. The van der Waals surface area contributed by atoms with Crippen LogP contribution in [0, 0.1) is 0 Å². The summed E-state index contributed by atoms with van der Waals surface area (Å²) in [4.78, 5) is 12.3. The number of hydrogen-bond acceptors (Lipinski definition) is 2. The number of rotatable bonds is 2. The number of nitrogens with two attached hydrogens (primary N) is 2. The van der Waals surface area contributed by atoms with E-state index in [1.165, 1.54) is 28.7 Å². The Labute approximate surface area is 167 Å². The van der Waals surface area contributed by atoms with Crippen LogP contribution in [0.1, 0.15) is 64.3 Å². The first-order valence-corrected chi connectivity index (χ1v) is 8.99. The van der Waals surface area contributed by atoms with Crippen LogP contribution in [-0.2, 0) is 19.3 Å². The fraction of sp³-hybridized carbons (Fsp3) is 0.381. The molecule has 0 aliphatic heterocycles. The Bertz CT molecular complexity index is 820. The van der Waals surface area contributed by atoms with Crippen molar-refractivity contribution < 1.29 is 4.79 Å². The van der Waals surface area contributed by atoms with Crippen molar-refractivity contribution in [2.75, 3.05) is 0 Å². The first kappa shape index (κ1) is 20.8. The molecule has 0 radical (unpaired) electrons. The minimum Gasteiger partial charge on any atom is -0.366 e. The Morgan fingerprint density at radius 2 is 1.62 bits per heavy atom. The van der Waals surface area contributed by atoms with E-state index >= 15 is 0 Å². The van der Waals surface area contributed by atoms with Crippen molar-refractivity contribution in [1.82, 2.24) is 0 Å². The summed E-state index contributed by atoms with van der Waals surface area (Å²) in [5, 5.41) is 0. The van der Waals surface area contributed by atoms with Gasteiger partial charge in [-0.25, -0.2) is 0 Å². The molecule has 0 fully saturated rings. The normalized spacial score (nSPS) is 18.0. The molecule has 4 N–H and O–H groups in total. The van der Waals surface area contributed by atoms with Crippen LogP contribution in [0.4, 0.5) is 0 Å². The van der Waals surface area contributed by atoms with Crippen LogP contribution < -0.4 is 11.5 Å². The monoisotopic (exact) mass is 392 g/mol. The van der Waals surface area contributed by atoms with E-state index in [0.717, 1.165) is 55.2 Å². The van der Waals surface area contributed by atoms with Gasteiger partial charge in [0.2, 0.25) is 5.91 Å². The minimum atomic E-state index is -0.304. The van der Waals surface area contributed by atoms with Gasteiger partial charge in [-0.1, -0.05) is 30.3 Å². The number of fused-ring (bicyclic) bond motifs is 2. The van der Waals surface area contributed by atoms with Gasteiger partial charge in [-0.05, 0) is 78.3 Å². The number of primary amides is 1. The highest BCUT2D eigenvalue weighted by atomic mass is 35.5. The van der Waals surface area contributed by atoms with Gasteiger partial charge < -0.3 is 11.5 Å². The van der Waals surface area contributed by atoms with E-state index in [2.05, 4.69) is 30.3 Å². The first-order valence-electron chi connectivity index (χ1n) is 8.99. The summed E-state index contributed by atoms with van der Waals surface area (Å²) >= 11 is 0. The van der Waals surface area contributed by atoms with Crippen LogP contribution in [0.2, 0.25) is 0 Å². The number of carbonyl (C=O) groups is 1. The number of hydrogen-bond donors (Lipinski definition) is 2. The van der Waals surface area contributed by atoms with Crippen LogP contribution >= 0.6 is 24.8 Å². The summed E-state index contributed by atoms with van der Waals surface area (Å²) < 4.78 is 0. The van der Waals surface area contributed by atoms with Gasteiger partial charge in [0.15, 0.2) is 0 Å². The van der Waals surface area contributed by atoms with Crippen molar-refractivity contribution in [3.8, 4) is 11.1 Å². The largest absolute Gasteiger partial charge is 0.366 e. The molecule has 0 heterocycles. The number of aryl methyl sites for hydroxylation is 1. The van der Waals surface area contributed by atoms with E-state index in [1.54, 1.807) is 0 Å². The third-order valence-electron chi connectivity index (χ3n) is 5.62. The van der Waals surface area contributed by atoms with Gasteiger partial charge in [-0.15, -0.1) is 24.8 Å². The number of halogens is 2. The average molecular weight is 393 g/mol. The van der Waals surface area contributed by atoms with Crippen LogP contribution in [0.3, 0.4) is 0 Å². The molecular weight excluding hydrogens is 367 g/mol. The lowest BCUT2D eigenvalue weighted by molar-refractivity contribution is 0.0999. The molecule has 0 saturated heterocycles. The molecule has 1 amide bonds. The maximum absolute atomic E-state index is 12.3. The van der Waals surface area contributed by atoms with Gasteiger partial charge in [0.25, 0.3) is 0 Å². The Hall–Kier alpha value is -1.55. The van der Waals surface area contributed by atoms with Crippen molar-refractivity contribution in [3.63, 3.8) is 0 Å². The number of amides is 1. The van der Waals surface area contributed by atoms with Crippen LogP contribution in [-0.4, -0.2) is 5.91 Å². The molecule has 2 aliphatic carbocycles. The van der Waals surface area contributed by atoms with E-state index in [-0.39, 0.29) is 36.8 Å². The molecule has 1 atom stereocenters. The van der Waals surface area contributed by atoms with Gasteiger partial charge in [0.1, 0.15) is 0 Å². The SMILES string of the molecule is Cl.Cl.NC(=O)c1c(-c2cccc3c2CCC[C@H]3N)ccc2c1CCCC2. The van der Waals surface area contributed by atoms with Crippen molar-refractivity contribution >= 4 is 30.7 Å². The highest BCUT2D eigenvalue weighted by Gasteiger charge is 2.25. The second-order valence-corrected chi connectivity index (χ2v) is 7.07. The summed E-state index contributed by atoms with van der Waals surface area (Å²) in [5.41, 5.74) is 20.0. The first-order chi connectivity index (χ1) is 11.7. The maximum atomic E-state index is 12.3. The second kappa shape index (κ2) is 8.43. The van der Waals surface area contributed by atoms with Gasteiger partial charge in [0, 0.05) is 6.04 Å². The standard InChI is InChI=1S/C21H24N2O.2ClH/c22-19-10-4-8-15-16(7-3-9-17(15)19)18-12-11-13-5-1-2-6-14(13)20(18)21(23)24;;/h3,7,9,11-12,19H,1-2,4-6,8,10,22H2,(H2,23,24);2*1H/t19-;;/m1../s1. The smallest absolute Gasteiger partial charge is 0.249 e. The predicted octanol–water partition coefficient (Wildman–Crippen LogP) is 4.51. The Morgan fingerprint density at radius 1 is 0.885 bits per heavy atom. The van der Waals surface area contributed by atoms with Crippen LogP contribution in [0.5, 0.6) is 0 Å². The molecule has 0 spiro atoms. The van der Waals surface area contributed by atoms with Gasteiger partial charge in [0.05, 0.1) is 5.56 Å². The molecule has 0 bridgehead atoms. The molecule has 0 aromatic heterocycles. The molecule has 2 aromatic carbocycles. The highest BCUT2D eigenvalue weighted by Crippen LogP contribution is 2.38. The highest BCUT2D eigenvalue weighted by molar-refractivity contribution is 6.02. The summed E-state index contributed by atoms with van der Waals surface area (Å²) in [5.74, 6) is -0.304. The summed E-state index contributed by atoms with van der Waals surface area (Å²) in [6.07, 6.45) is 7.48. The lowest BCUT2D eigenvalue weighted by Gasteiger charge is -2.26.